The first-order valence-electron chi connectivity index (χ1n) is 8.41. The van der Waals surface area contributed by atoms with Crippen LogP contribution in [-0.4, -0.2) is 67.5 Å². The minimum absolute atomic E-state index is 0.222. The monoisotopic (exact) mass is 336 g/mol. The third-order valence-electron chi connectivity index (χ3n) is 4.75. The van der Waals surface area contributed by atoms with Crippen LogP contribution in [0.15, 0.2) is 29.3 Å². The summed E-state index contributed by atoms with van der Waals surface area (Å²) in [7, 11) is 0. The average Bonchev–Trinajstić information content (AvgIpc) is 2.61. The van der Waals surface area contributed by atoms with Crippen LogP contribution in [0, 0.1) is 5.82 Å². The fraction of sp³-hybridized carbons (Fsp3) is 0.588. The Morgan fingerprint density at radius 1 is 1.17 bits per heavy atom. The molecule has 2 heterocycles. The maximum atomic E-state index is 13.0. The molecule has 132 valence electrons. The number of guanidine groups is 1. The van der Waals surface area contributed by atoms with Crippen LogP contribution in [0.25, 0.3) is 0 Å². The maximum absolute atomic E-state index is 13.0. The quantitative estimate of drug-likeness (QED) is 0.631. The van der Waals surface area contributed by atoms with Gasteiger partial charge in [0.1, 0.15) is 5.82 Å². The summed E-state index contributed by atoms with van der Waals surface area (Å²) in [5.41, 5.74) is 6.32. The molecule has 0 bridgehead atoms. The molecule has 3 N–H and O–H groups in total. The Hall–Kier alpha value is -1.86. The average molecular weight is 336 g/mol. The second-order valence-electron chi connectivity index (χ2n) is 6.46. The molecule has 0 unspecified atom stereocenters. The van der Waals surface area contributed by atoms with Gasteiger partial charge in [0.05, 0.1) is 12.1 Å². The van der Waals surface area contributed by atoms with Crippen LogP contribution < -0.4 is 10.6 Å². The predicted octanol–water partition coefficient (Wildman–Crippen LogP) is 0.804. The van der Waals surface area contributed by atoms with E-state index in [1.54, 1.807) is 12.1 Å². The topological polar surface area (TPSA) is 74.3 Å². The van der Waals surface area contributed by atoms with Crippen molar-refractivity contribution in [2.24, 2.45) is 10.7 Å². The van der Waals surface area contributed by atoms with E-state index in [9.17, 15) is 9.50 Å². The molecule has 0 saturated carbocycles. The maximum Gasteiger partial charge on any atom is 0.191 e. The van der Waals surface area contributed by atoms with Crippen LogP contribution in [0.2, 0.25) is 0 Å². The zero-order valence-corrected chi connectivity index (χ0v) is 13.8. The number of rotatable bonds is 3. The van der Waals surface area contributed by atoms with E-state index in [1.807, 2.05) is 4.90 Å². The highest BCUT2D eigenvalue weighted by Gasteiger charge is 2.30. The van der Waals surface area contributed by atoms with E-state index in [2.05, 4.69) is 9.89 Å². The largest absolute Gasteiger partial charge is 0.388 e. The van der Waals surface area contributed by atoms with Crippen molar-refractivity contribution in [2.45, 2.75) is 18.4 Å². The van der Waals surface area contributed by atoms with Gasteiger partial charge >= 0.3 is 0 Å². The van der Waals surface area contributed by atoms with E-state index in [0.717, 1.165) is 31.9 Å². The number of hydrogen-bond acceptors (Lipinski definition) is 4. The van der Waals surface area contributed by atoms with Gasteiger partial charge in [-0.1, -0.05) is 0 Å². The SMILES string of the molecule is NC(=NCC1(O)CCOCC1)N1CCN(c2ccc(F)cc2)CC1. The van der Waals surface area contributed by atoms with E-state index in [4.69, 9.17) is 10.5 Å². The van der Waals surface area contributed by atoms with Gasteiger partial charge in [0.25, 0.3) is 0 Å². The Bertz CT molecular complexity index is 564. The van der Waals surface area contributed by atoms with Crippen molar-refractivity contribution in [3.05, 3.63) is 30.1 Å². The van der Waals surface area contributed by atoms with Crippen LogP contribution in [0.5, 0.6) is 0 Å². The third-order valence-corrected chi connectivity index (χ3v) is 4.75. The van der Waals surface area contributed by atoms with Crippen molar-refractivity contribution in [3.63, 3.8) is 0 Å². The molecular formula is C17H25FN4O2. The molecule has 2 fully saturated rings. The Balaban J connectivity index is 1.52. The summed E-state index contributed by atoms with van der Waals surface area (Å²) in [6.07, 6.45) is 1.20. The van der Waals surface area contributed by atoms with Crippen LogP contribution in [0.4, 0.5) is 10.1 Å². The smallest absolute Gasteiger partial charge is 0.191 e. The molecule has 24 heavy (non-hydrogen) atoms. The summed E-state index contributed by atoms with van der Waals surface area (Å²) < 4.78 is 18.3. The van der Waals surface area contributed by atoms with Crippen molar-refractivity contribution in [2.75, 3.05) is 50.8 Å². The highest BCUT2D eigenvalue weighted by Crippen LogP contribution is 2.21. The lowest BCUT2D eigenvalue weighted by molar-refractivity contribution is -0.0566. The molecule has 7 heteroatoms. The summed E-state index contributed by atoms with van der Waals surface area (Å²) in [5.74, 6) is 0.258. The summed E-state index contributed by atoms with van der Waals surface area (Å²) in [5, 5.41) is 10.4. The van der Waals surface area contributed by atoms with Gasteiger partial charge in [-0.2, -0.15) is 0 Å². The van der Waals surface area contributed by atoms with Crippen molar-refractivity contribution < 1.29 is 14.2 Å². The molecule has 2 aliphatic heterocycles. The molecule has 0 spiro atoms. The number of benzene rings is 1. The van der Waals surface area contributed by atoms with Crippen LogP contribution in [-0.2, 0) is 4.74 Å². The highest BCUT2D eigenvalue weighted by molar-refractivity contribution is 5.78. The standard InChI is InChI=1S/C17H25FN4O2/c18-14-1-3-15(4-2-14)21-7-9-22(10-8-21)16(19)20-13-17(23)5-11-24-12-6-17/h1-4,23H,5-13H2,(H2,19,20). The van der Waals surface area contributed by atoms with Crippen LogP contribution >= 0.6 is 0 Å². The molecule has 1 aromatic carbocycles. The fourth-order valence-corrected chi connectivity index (χ4v) is 3.08. The molecule has 0 atom stereocenters. The summed E-state index contributed by atoms with van der Waals surface area (Å²) >= 11 is 0. The molecule has 0 aromatic heterocycles. The van der Waals surface area contributed by atoms with E-state index >= 15 is 0 Å². The lowest BCUT2D eigenvalue weighted by atomic mass is 9.95. The second kappa shape index (κ2) is 7.36. The van der Waals surface area contributed by atoms with Crippen LogP contribution in [0.3, 0.4) is 0 Å². The number of anilines is 1. The normalized spacial score (nSPS) is 21.8. The van der Waals surface area contributed by atoms with Gasteiger partial charge in [-0.15, -0.1) is 0 Å². The number of nitrogens with zero attached hydrogens (tertiary/aromatic N) is 3. The summed E-state index contributed by atoms with van der Waals surface area (Å²) in [4.78, 5) is 8.63. The number of hydrogen-bond donors (Lipinski definition) is 2. The predicted molar refractivity (Wildman–Crippen MR) is 91.7 cm³/mol. The minimum atomic E-state index is -0.793. The van der Waals surface area contributed by atoms with E-state index in [-0.39, 0.29) is 5.82 Å². The van der Waals surface area contributed by atoms with E-state index in [0.29, 0.717) is 38.6 Å². The number of aliphatic imine (C=N–C) groups is 1. The Kier molecular flexibility index (Phi) is 5.20. The zero-order valence-electron chi connectivity index (χ0n) is 13.8. The van der Waals surface area contributed by atoms with E-state index in [1.165, 1.54) is 12.1 Å². The molecule has 2 aliphatic rings. The van der Waals surface area contributed by atoms with Crippen LogP contribution in [0.1, 0.15) is 12.8 Å². The van der Waals surface area contributed by atoms with Crippen molar-refractivity contribution in [1.82, 2.24) is 4.90 Å². The lowest BCUT2D eigenvalue weighted by Crippen LogP contribution is -2.51. The molecule has 0 radical (unpaired) electrons. The summed E-state index contributed by atoms with van der Waals surface area (Å²) in [6, 6.07) is 6.55. The molecule has 3 rings (SSSR count). The van der Waals surface area contributed by atoms with Gasteiger partial charge in [0.15, 0.2) is 5.96 Å². The van der Waals surface area contributed by atoms with Gasteiger partial charge in [-0.3, -0.25) is 4.99 Å². The second-order valence-corrected chi connectivity index (χ2v) is 6.46. The van der Waals surface area contributed by atoms with Crippen molar-refractivity contribution in [3.8, 4) is 0 Å². The van der Waals surface area contributed by atoms with Gasteiger partial charge in [-0.25, -0.2) is 4.39 Å². The fourth-order valence-electron chi connectivity index (χ4n) is 3.08. The molecule has 0 amide bonds. The van der Waals surface area contributed by atoms with Gasteiger partial charge in [-0.05, 0) is 24.3 Å². The lowest BCUT2D eigenvalue weighted by Gasteiger charge is -2.37. The first kappa shape index (κ1) is 17.0. The highest BCUT2D eigenvalue weighted by atomic mass is 19.1. The molecular weight excluding hydrogens is 311 g/mol. The Labute approximate surface area is 141 Å². The zero-order chi connectivity index (χ0) is 17.0. The number of halogens is 1. The molecule has 0 aliphatic carbocycles. The van der Waals surface area contributed by atoms with E-state index < -0.39 is 5.60 Å². The minimum Gasteiger partial charge on any atom is -0.388 e. The van der Waals surface area contributed by atoms with Crippen molar-refractivity contribution in [1.29, 1.82) is 0 Å². The first-order chi connectivity index (χ1) is 11.6. The van der Waals surface area contributed by atoms with Gasteiger partial charge in [0.2, 0.25) is 0 Å². The number of aliphatic hydroxyl groups is 1. The van der Waals surface area contributed by atoms with Gasteiger partial charge in [0, 0.05) is 57.9 Å². The number of nitrogens with two attached hydrogens (primary N) is 1. The Morgan fingerprint density at radius 3 is 2.42 bits per heavy atom. The summed E-state index contributed by atoms with van der Waals surface area (Å²) in [6.45, 7) is 4.59. The van der Waals surface area contributed by atoms with Gasteiger partial charge < -0.3 is 25.4 Å². The number of piperazine rings is 1. The molecule has 6 nitrogen and oxygen atoms in total. The molecule has 2 saturated heterocycles. The Morgan fingerprint density at radius 2 is 1.79 bits per heavy atom. The van der Waals surface area contributed by atoms with Crippen molar-refractivity contribution >= 4 is 11.6 Å². The molecule has 1 aromatic rings. The first-order valence-corrected chi connectivity index (χ1v) is 8.41. The third kappa shape index (κ3) is 4.15. The number of ether oxygens (including phenoxy) is 1.